The Hall–Kier alpha value is -1.89. The van der Waals surface area contributed by atoms with Crippen LogP contribution in [0.15, 0.2) is 4.52 Å². The first-order valence-corrected chi connectivity index (χ1v) is 7.00. The van der Waals surface area contributed by atoms with Crippen LogP contribution >= 0.6 is 0 Å². The second-order valence-electron chi connectivity index (χ2n) is 5.52. The maximum absolute atomic E-state index is 12.3. The summed E-state index contributed by atoms with van der Waals surface area (Å²) in [6.07, 6.45) is 4.57. The molecule has 1 heterocycles. The van der Waals surface area contributed by atoms with Crippen LogP contribution in [0.1, 0.15) is 48.0 Å². The van der Waals surface area contributed by atoms with Crippen LogP contribution in [-0.4, -0.2) is 41.4 Å². The van der Waals surface area contributed by atoms with Gasteiger partial charge in [0, 0.05) is 19.1 Å². The summed E-state index contributed by atoms with van der Waals surface area (Å²) >= 11 is 0. The first-order valence-electron chi connectivity index (χ1n) is 7.00. The molecule has 0 saturated carbocycles. The van der Waals surface area contributed by atoms with E-state index in [2.05, 4.69) is 10.5 Å². The minimum atomic E-state index is -1.50. The molecule has 1 unspecified atom stereocenters. The fourth-order valence-corrected chi connectivity index (χ4v) is 2.49. The lowest BCUT2D eigenvalue weighted by molar-refractivity contribution is -0.145. The Kier molecular flexibility index (Phi) is 4.62. The van der Waals surface area contributed by atoms with Crippen LogP contribution in [0.5, 0.6) is 0 Å². The zero-order valence-electron chi connectivity index (χ0n) is 12.3. The number of hydrogen-bond acceptors (Lipinski definition) is 5. The fraction of sp³-hybridized carbons (Fsp3) is 0.643. The monoisotopic (exact) mass is 296 g/mol. The average Bonchev–Trinajstić information content (AvgIpc) is 2.68. The molecule has 1 atom stereocenters. The largest absolute Gasteiger partial charge is 0.479 e. The molecule has 1 aromatic rings. The zero-order valence-corrected chi connectivity index (χ0v) is 12.3. The van der Waals surface area contributed by atoms with Gasteiger partial charge in [0.1, 0.15) is 5.76 Å². The third kappa shape index (κ3) is 3.24. The third-order valence-electron chi connectivity index (χ3n) is 3.71. The predicted molar refractivity (Wildman–Crippen MR) is 73.1 cm³/mol. The SMILES string of the molecule is COCC(C)(NC(=O)c1noc2c1CCCCC2)C(=O)O. The molecule has 0 aromatic carbocycles. The van der Waals surface area contributed by atoms with Gasteiger partial charge in [0.25, 0.3) is 5.91 Å². The molecule has 2 rings (SSSR count). The number of aromatic nitrogens is 1. The highest BCUT2D eigenvalue weighted by Crippen LogP contribution is 2.24. The van der Waals surface area contributed by atoms with Crippen molar-refractivity contribution in [3.05, 3.63) is 17.0 Å². The van der Waals surface area contributed by atoms with Gasteiger partial charge in [-0.1, -0.05) is 11.6 Å². The highest BCUT2D eigenvalue weighted by Gasteiger charge is 2.37. The van der Waals surface area contributed by atoms with E-state index in [4.69, 9.17) is 9.26 Å². The summed E-state index contributed by atoms with van der Waals surface area (Å²) < 4.78 is 10.1. The number of hydrogen-bond donors (Lipinski definition) is 2. The number of carboxylic acids is 1. The topological polar surface area (TPSA) is 102 Å². The summed E-state index contributed by atoms with van der Waals surface area (Å²) in [5.41, 5.74) is -0.506. The van der Waals surface area contributed by atoms with Crippen LogP contribution < -0.4 is 5.32 Å². The summed E-state index contributed by atoms with van der Waals surface area (Å²) in [4.78, 5) is 23.7. The second-order valence-corrected chi connectivity index (χ2v) is 5.52. The first kappa shape index (κ1) is 15.5. The number of carbonyl (C=O) groups excluding carboxylic acids is 1. The van der Waals surface area contributed by atoms with E-state index < -0.39 is 17.4 Å². The molecule has 1 amide bonds. The average molecular weight is 296 g/mol. The van der Waals surface area contributed by atoms with Crippen LogP contribution in [0.4, 0.5) is 0 Å². The second kappa shape index (κ2) is 6.26. The van der Waals surface area contributed by atoms with Gasteiger partial charge >= 0.3 is 5.97 Å². The highest BCUT2D eigenvalue weighted by atomic mass is 16.5. The number of ether oxygens (including phenoxy) is 1. The van der Waals surface area contributed by atoms with E-state index in [1.807, 2.05) is 0 Å². The molecular weight excluding hydrogens is 276 g/mol. The zero-order chi connectivity index (χ0) is 15.5. The molecule has 1 aliphatic rings. The highest BCUT2D eigenvalue weighted by molar-refractivity contribution is 5.97. The van der Waals surface area contributed by atoms with Gasteiger partial charge in [0.15, 0.2) is 11.2 Å². The molecule has 0 aliphatic heterocycles. The third-order valence-corrected chi connectivity index (χ3v) is 3.71. The number of amides is 1. The van der Waals surface area contributed by atoms with Crippen molar-refractivity contribution in [2.24, 2.45) is 0 Å². The molecular formula is C14H20N2O5. The summed E-state index contributed by atoms with van der Waals surface area (Å²) in [5, 5.41) is 15.6. The van der Waals surface area contributed by atoms with Gasteiger partial charge in [-0.15, -0.1) is 0 Å². The lowest BCUT2D eigenvalue weighted by Crippen LogP contribution is -2.55. The van der Waals surface area contributed by atoms with Gasteiger partial charge in [-0.05, 0) is 26.2 Å². The molecule has 21 heavy (non-hydrogen) atoms. The van der Waals surface area contributed by atoms with E-state index in [9.17, 15) is 14.7 Å². The van der Waals surface area contributed by atoms with Crippen molar-refractivity contribution in [3.8, 4) is 0 Å². The van der Waals surface area contributed by atoms with Crippen molar-refractivity contribution < 1.29 is 24.0 Å². The minimum Gasteiger partial charge on any atom is -0.479 e. The maximum atomic E-state index is 12.3. The Morgan fingerprint density at radius 2 is 2.10 bits per heavy atom. The van der Waals surface area contributed by atoms with Crippen LogP contribution in [0.2, 0.25) is 0 Å². The number of methoxy groups -OCH3 is 1. The predicted octanol–water partition coefficient (Wildman–Crippen LogP) is 1.16. The van der Waals surface area contributed by atoms with E-state index in [0.717, 1.165) is 43.4 Å². The quantitative estimate of drug-likeness (QED) is 0.791. The summed E-state index contributed by atoms with van der Waals surface area (Å²) in [6.45, 7) is 1.27. The van der Waals surface area contributed by atoms with Crippen molar-refractivity contribution >= 4 is 11.9 Å². The number of carbonyl (C=O) groups is 2. The smallest absolute Gasteiger partial charge is 0.331 e. The number of aliphatic carboxylic acids is 1. The summed E-state index contributed by atoms with van der Waals surface area (Å²) in [7, 11) is 1.38. The number of aryl methyl sites for hydroxylation is 1. The molecule has 0 fully saturated rings. The molecule has 2 N–H and O–H groups in total. The number of fused-ring (bicyclic) bond motifs is 1. The van der Waals surface area contributed by atoms with Crippen molar-refractivity contribution in [1.82, 2.24) is 10.5 Å². The summed E-state index contributed by atoms with van der Waals surface area (Å²) in [5.74, 6) is -0.961. The molecule has 1 aromatic heterocycles. The van der Waals surface area contributed by atoms with Gasteiger partial charge in [-0.25, -0.2) is 4.79 Å². The standard InChI is InChI=1S/C14H20N2O5/c1-14(8-20-2,13(18)19)15-12(17)11-9-6-4-3-5-7-10(9)21-16-11/h3-8H2,1-2H3,(H,15,17)(H,18,19). The molecule has 0 radical (unpaired) electrons. The fourth-order valence-electron chi connectivity index (χ4n) is 2.49. The van der Waals surface area contributed by atoms with Gasteiger partial charge in [0.2, 0.25) is 0 Å². The molecule has 1 aliphatic carbocycles. The number of rotatable bonds is 5. The van der Waals surface area contributed by atoms with E-state index in [-0.39, 0.29) is 12.3 Å². The van der Waals surface area contributed by atoms with E-state index in [1.54, 1.807) is 0 Å². The normalized spacial score (nSPS) is 17.4. The molecule has 7 nitrogen and oxygen atoms in total. The van der Waals surface area contributed by atoms with Gasteiger partial charge in [-0.2, -0.15) is 0 Å². The Morgan fingerprint density at radius 3 is 2.76 bits per heavy atom. The van der Waals surface area contributed by atoms with Crippen molar-refractivity contribution in [3.63, 3.8) is 0 Å². The van der Waals surface area contributed by atoms with Gasteiger partial charge in [0.05, 0.1) is 6.61 Å². The lowest BCUT2D eigenvalue weighted by Gasteiger charge is -2.24. The molecule has 0 bridgehead atoms. The number of nitrogens with zero attached hydrogens (tertiary/aromatic N) is 1. The van der Waals surface area contributed by atoms with Crippen LogP contribution in [0, 0.1) is 0 Å². The summed E-state index contributed by atoms with van der Waals surface area (Å²) in [6, 6.07) is 0. The Morgan fingerprint density at radius 1 is 1.38 bits per heavy atom. The number of nitrogens with one attached hydrogen (secondary N) is 1. The van der Waals surface area contributed by atoms with Crippen molar-refractivity contribution in [1.29, 1.82) is 0 Å². The number of carboxylic acid groups (broad SMARTS) is 1. The first-order chi connectivity index (χ1) is 9.98. The van der Waals surface area contributed by atoms with Crippen LogP contribution in [0.25, 0.3) is 0 Å². The van der Waals surface area contributed by atoms with E-state index in [0.29, 0.717) is 0 Å². The Labute approximate surface area is 122 Å². The maximum Gasteiger partial charge on any atom is 0.331 e. The van der Waals surface area contributed by atoms with Gasteiger partial charge < -0.3 is 19.7 Å². The molecule has 0 spiro atoms. The molecule has 0 saturated heterocycles. The van der Waals surface area contributed by atoms with Crippen molar-refractivity contribution in [2.45, 2.75) is 44.6 Å². The van der Waals surface area contributed by atoms with Crippen LogP contribution in [-0.2, 0) is 22.4 Å². The lowest BCUT2D eigenvalue weighted by atomic mass is 10.0. The van der Waals surface area contributed by atoms with E-state index in [1.165, 1.54) is 14.0 Å². The Bertz CT molecular complexity index is 539. The van der Waals surface area contributed by atoms with E-state index >= 15 is 0 Å². The minimum absolute atomic E-state index is 0.131. The van der Waals surface area contributed by atoms with Crippen LogP contribution in [0.3, 0.4) is 0 Å². The van der Waals surface area contributed by atoms with Gasteiger partial charge in [-0.3, -0.25) is 4.79 Å². The Balaban J connectivity index is 2.20. The molecule has 116 valence electrons. The molecule has 7 heteroatoms. The van der Waals surface area contributed by atoms with Crippen molar-refractivity contribution in [2.75, 3.05) is 13.7 Å².